The van der Waals surface area contributed by atoms with Gasteiger partial charge in [0.2, 0.25) is 0 Å². The lowest BCUT2D eigenvalue weighted by Crippen LogP contribution is -2.32. The van der Waals surface area contributed by atoms with E-state index in [0.717, 1.165) is 44.6 Å². The molecule has 1 fully saturated rings. The summed E-state index contributed by atoms with van der Waals surface area (Å²) in [7, 11) is 0. The molecule has 20 heavy (non-hydrogen) atoms. The predicted octanol–water partition coefficient (Wildman–Crippen LogP) is 2.94. The lowest BCUT2D eigenvalue weighted by atomic mass is 10.1. The van der Waals surface area contributed by atoms with Crippen LogP contribution in [0.15, 0.2) is 18.2 Å². The number of nitrogens with zero attached hydrogens (tertiary/aromatic N) is 1. The van der Waals surface area contributed by atoms with Crippen LogP contribution < -0.4 is 10.2 Å². The summed E-state index contributed by atoms with van der Waals surface area (Å²) in [6.07, 6.45) is 2.44. The van der Waals surface area contributed by atoms with Gasteiger partial charge in [-0.15, -0.1) is 0 Å². The molecular formula is C16H25FN2O. The third-order valence-electron chi connectivity index (χ3n) is 3.76. The first-order chi connectivity index (χ1) is 9.74. The Kier molecular flexibility index (Phi) is 5.80. The van der Waals surface area contributed by atoms with Crippen LogP contribution in [0.2, 0.25) is 0 Å². The Balaban J connectivity index is 2.04. The van der Waals surface area contributed by atoms with Crippen molar-refractivity contribution in [3.05, 3.63) is 29.6 Å². The highest BCUT2D eigenvalue weighted by Gasteiger charge is 2.20. The average molecular weight is 280 g/mol. The van der Waals surface area contributed by atoms with Crippen molar-refractivity contribution in [2.45, 2.75) is 39.3 Å². The summed E-state index contributed by atoms with van der Waals surface area (Å²) in [5, 5.41) is 3.21. The van der Waals surface area contributed by atoms with Gasteiger partial charge in [-0.3, -0.25) is 0 Å². The molecule has 1 aliphatic rings. The Bertz CT molecular complexity index is 419. The van der Waals surface area contributed by atoms with E-state index in [4.69, 9.17) is 4.74 Å². The lowest BCUT2D eigenvalue weighted by molar-refractivity contribution is 0.115. The van der Waals surface area contributed by atoms with Gasteiger partial charge >= 0.3 is 0 Å². The van der Waals surface area contributed by atoms with E-state index < -0.39 is 0 Å². The highest BCUT2D eigenvalue weighted by molar-refractivity contribution is 5.49. The largest absolute Gasteiger partial charge is 0.376 e. The van der Waals surface area contributed by atoms with Crippen LogP contribution in [0, 0.1) is 5.82 Å². The van der Waals surface area contributed by atoms with Crippen LogP contribution in [-0.4, -0.2) is 32.3 Å². The molecule has 1 aliphatic heterocycles. The van der Waals surface area contributed by atoms with Crippen molar-refractivity contribution in [3.8, 4) is 0 Å². The van der Waals surface area contributed by atoms with Crippen LogP contribution in [0.4, 0.5) is 10.1 Å². The molecule has 1 aromatic rings. The molecule has 0 aromatic heterocycles. The Morgan fingerprint density at radius 3 is 2.85 bits per heavy atom. The third-order valence-corrected chi connectivity index (χ3v) is 3.76. The second kappa shape index (κ2) is 7.60. The minimum Gasteiger partial charge on any atom is -0.376 e. The van der Waals surface area contributed by atoms with Gasteiger partial charge in [-0.1, -0.05) is 13.0 Å². The van der Waals surface area contributed by atoms with Crippen LogP contribution in [0.1, 0.15) is 32.3 Å². The number of anilines is 1. The molecule has 0 aliphatic carbocycles. The Labute approximate surface area is 121 Å². The topological polar surface area (TPSA) is 24.5 Å². The van der Waals surface area contributed by atoms with Gasteiger partial charge in [0.15, 0.2) is 0 Å². The van der Waals surface area contributed by atoms with Gasteiger partial charge in [0.1, 0.15) is 5.82 Å². The summed E-state index contributed by atoms with van der Waals surface area (Å²) in [4.78, 5) is 2.07. The summed E-state index contributed by atoms with van der Waals surface area (Å²) < 4.78 is 19.9. The summed E-state index contributed by atoms with van der Waals surface area (Å²) in [6, 6.07) is 5.52. The van der Waals surface area contributed by atoms with Crippen molar-refractivity contribution in [1.29, 1.82) is 0 Å². The highest BCUT2D eigenvalue weighted by Crippen LogP contribution is 2.23. The minimum atomic E-state index is -0.139. The molecule has 0 radical (unpaired) electrons. The van der Waals surface area contributed by atoms with Crippen LogP contribution in [0.3, 0.4) is 0 Å². The van der Waals surface area contributed by atoms with Gasteiger partial charge in [-0.2, -0.15) is 0 Å². The van der Waals surface area contributed by atoms with Crippen LogP contribution in [0.25, 0.3) is 0 Å². The van der Waals surface area contributed by atoms with Gasteiger partial charge < -0.3 is 15.0 Å². The molecule has 4 heteroatoms. The highest BCUT2D eigenvalue weighted by atomic mass is 19.1. The predicted molar refractivity (Wildman–Crippen MR) is 80.6 cm³/mol. The Hall–Kier alpha value is -1.13. The molecular weight excluding hydrogens is 255 g/mol. The standard InChI is InChI=1S/C16H25FN2O/c1-3-18-11-13-7-8-16(15(17)10-13)19(4-2)12-14-6-5-9-20-14/h7-8,10,14,18H,3-6,9,11-12H2,1-2H3. The summed E-state index contributed by atoms with van der Waals surface area (Å²) in [6.45, 7) is 8.12. The zero-order chi connectivity index (χ0) is 14.4. The van der Waals surface area contributed by atoms with Crippen molar-refractivity contribution in [2.75, 3.05) is 31.1 Å². The fourth-order valence-corrected chi connectivity index (χ4v) is 2.62. The number of benzene rings is 1. The van der Waals surface area contributed by atoms with E-state index in [0.29, 0.717) is 12.2 Å². The molecule has 1 saturated heterocycles. The van der Waals surface area contributed by atoms with E-state index in [1.54, 1.807) is 6.07 Å². The van der Waals surface area contributed by atoms with Crippen molar-refractivity contribution < 1.29 is 9.13 Å². The van der Waals surface area contributed by atoms with E-state index in [9.17, 15) is 4.39 Å². The Morgan fingerprint density at radius 2 is 2.25 bits per heavy atom. The summed E-state index contributed by atoms with van der Waals surface area (Å²) in [5.41, 5.74) is 1.67. The molecule has 2 rings (SSSR count). The number of hydrogen-bond donors (Lipinski definition) is 1. The fraction of sp³-hybridized carbons (Fsp3) is 0.625. The molecule has 3 nitrogen and oxygen atoms in total. The molecule has 0 amide bonds. The summed E-state index contributed by atoms with van der Waals surface area (Å²) >= 11 is 0. The number of hydrogen-bond acceptors (Lipinski definition) is 3. The van der Waals surface area contributed by atoms with E-state index >= 15 is 0 Å². The molecule has 1 aromatic carbocycles. The van der Waals surface area contributed by atoms with Crippen molar-refractivity contribution >= 4 is 5.69 Å². The second-order valence-corrected chi connectivity index (χ2v) is 5.24. The van der Waals surface area contributed by atoms with Gasteiger partial charge in [0.05, 0.1) is 11.8 Å². The molecule has 0 saturated carbocycles. The van der Waals surface area contributed by atoms with Gasteiger partial charge in [0.25, 0.3) is 0 Å². The molecule has 1 N–H and O–H groups in total. The van der Waals surface area contributed by atoms with Crippen molar-refractivity contribution in [3.63, 3.8) is 0 Å². The minimum absolute atomic E-state index is 0.139. The maximum Gasteiger partial charge on any atom is 0.146 e. The van der Waals surface area contributed by atoms with Gasteiger partial charge in [0, 0.05) is 26.2 Å². The van der Waals surface area contributed by atoms with Gasteiger partial charge in [-0.05, 0) is 44.0 Å². The maximum absolute atomic E-state index is 14.3. The van der Waals surface area contributed by atoms with E-state index in [-0.39, 0.29) is 11.9 Å². The summed E-state index contributed by atoms with van der Waals surface area (Å²) in [5.74, 6) is -0.139. The maximum atomic E-state index is 14.3. The number of likely N-dealkylation sites (N-methyl/N-ethyl adjacent to an activating group) is 1. The van der Waals surface area contributed by atoms with Crippen molar-refractivity contribution in [2.24, 2.45) is 0 Å². The number of halogens is 1. The SMILES string of the molecule is CCNCc1ccc(N(CC)CC2CCCO2)c(F)c1. The lowest BCUT2D eigenvalue weighted by Gasteiger charge is -2.26. The second-order valence-electron chi connectivity index (χ2n) is 5.24. The smallest absolute Gasteiger partial charge is 0.146 e. The van der Waals surface area contributed by atoms with E-state index in [1.165, 1.54) is 0 Å². The van der Waals surface area contributed by atoms with Crippen molar-refractivity contribution in [1.82, 2.24) is 5.32 Å². The first-order valence-corrected chi connectivity index (χ1v) is 7.60. The molecule has 0 bridgehead atoms. The zero-order valence-electron chi connectivity index (χ0n) is 12.5. The molecule has 1 unspecified atom stereocenters. The zero-order valence-corrected chi connectivity index (χ0v) is 12.5. The quantitative estimate of drug-likeness (QED) is 0.831. The number of rotatable bonds is 7. The molecule has 112 valence electrons. The molecule has 1 atom stereocenters. The van der Waals surface area contributed by atoms with E-state index in [1.807, 2.05) is 19.1 Å². The first kappa shape index (κ1) is 15.3. The van der Waals surface area contributed by atoms with Crippen LogP contribution in [-0.2, 0) is 11.3 Å². The first-order valence-electron chi connectivity index (χ1n) is 7.60. The third kappa shape index (κ3) is 3.93. The normalized spacial score (nSPS) is 18.4. The monoisotopic (exact) mass is 280 g/mol. The average Bonchev–Trinajstić information content (AvgIpc) is 2.96. The molecule has 1 heterocycles. The molecule has 0 spiro atoms. The van der Waals surface area contributed by atoms with E-state index in [2.05, 4.69) is 17.1 Å². The van der Waals surface area contributed by atoms with Crippen LogP contribution >= 0.6 is 0 Å². The Morgan fingerprint density at radius 1 is 1.40 bits per heavy atom. The number of nitrogens with one attached hydrogen (secondary N) is 1. The van der Waals surface area contributed by atoms with Crippen LogP contribution in [0.5, 0.6) is 0 Å². The fourth-order valence-electron chi connectivity index (χ4n) is 2.62. The van der Waals surface area contributed by atoms with Gasteiger partial charge in [-0.25, -0.2) is 4.39 Å². The number of ether oxygens (including phenoxy) is 1.